The molecule has 0 bridgehead atoms. The molecule has 0 heterocycles. The van der Waals surface area contributed by atoms with Crippen molar-refractivity contribution < 1.29 is 13.2 Å². The van der Waals surface area contributed by atoms with Gasteiger partial charge in [0.15, 0.2) is 0 Å². The van der Waals surface area contributed by atoms with Crippen LogP contribution < -0.4 is 5.32 Å². The fraction of sp³-hybridized carbons (Fsp3) is 0.417. The van der Waals surface area contributed by atoms with Crippen molar-refractivity contribution in [3.05, 3.63) is 27.7 Å². The number of rotatable bonds is 5. The average molecular weight is 359 g/mol. The van der Waals surface area contributed by atoms with Crippen molar-refractivity contribution in [1.29, 1.82) is 0 Å². The lowest BCUT2D eigenvalue weighted by atomic mass is 10.1. The predicted molar refractivity (Wildman–Crippen MR) is 81.3 cm³/mol. The summed E-state index contributed by atoms with van der Waals surface area (Å²) in [5.74, 6) is -0.486. The number of carbonyl (C=O) groups is 1. The fourth-order valence-electron chi connectivity index (χ4n) is 1.68. The molecule has 1 aromatic rings. The molecule has 1 rings (SSSR count). The van der Waals surface area contributed by atoms with E-state index >= 15 is 0 Å². The zero-order valence-corrected chi connectivity index (χ0v) is 14.0. The molecule has 1 N–H and O–H groups in total. The van der Waals surface area contributed by atoms with Crippen molar-refractivity contribution in [2.45, 2.75) is 37.6 Å². The molecule has 1 aromatic carbocycles. The first-order valence-corrected chi connectivity index (χ1v) is 8.98. The Morgan fingerprint density at radius 2 is 1.95 bits per heavy atom. The lowest BCUT2D eigenvalue weighted by Crippen LogP contribution is -2.32. The molecule has 0 saturated carbocycles. The summed E-state index contributed by atoms with van der Waals surface area (Å²) in [6.07, 6.45) is 1.70. The Bertz CT molecular complexity index is 617. The molecule has 0 saturated heterocycles. The lowest BCUT2D eigenvalue weighted by molar-refractivity contribution is 0.0938. The Morgan fingerprint density at radius 3 is 2.45 bits per heavy atom. The molecular formula is C12H14Cl3NO3S. The van der Waals surface area contributed by atoms with Crippen molar-refractivity contribution in [2.24, 2.45) is 0 Å². The van der Waals surface area contributed by atoms with Crippen LogP contribution in [0.5, 0.6) is 0 Å². The molecule has 0 fully saturated rings. The third-order valence-electron chi connectivity index (χ3n) is 2.63. The average Bonchev–Trinajstić information content (AvgIpc) is 2.31. The molecule has 1 unspecified atom stereocenters. The number of hydrogen-bond acceptors (Lipinski definition) is 3. The lowest BCUT2D eigenvalue weighted by Gasteiger charge is -2.14. The van der Waals surface area contributed by atoms with Crippen LogP contribution in [-0.4, -0.2) is 20.4 Å². The summed E-state index contributed by atoms with van der Waals surface area (Å²) in [6, 6.07) is 2.17. The van der Waals surface area contributed by atoms with E-state index < -0.39 is 15.0 Å². The Morgan fingerprint density at radius 1 is 1.35 bits per heavy atom. The van der Waals surface area contributed by atoms with Gasteiger partial charge in [-0.05, 0) is 25.5 Å². The third-order valence-corrected chi connectivity index (χ3v) is 4.76. The van der Waals surface area contributed by atoms with E-state index in [2.05, 4.69) is 5.32 Å². The van der Waals surface area contributed by atoms with Gasteiger partial charge in [0.25, 0.3) is 15.0 Å². The molecule has 1 atom stereocenters. The van der Waals surface area contributed by atoms with Crippen LogP contribution >= 0.6 is 33.9 Å². The van der Waals surface area contributed by atoms with Crippen molar-refractivity contribution >= 4 is 48.8 Å². The molecular weight excluding hydrogens is 345 g/mol. The molecule has 8 heteroatoms. The van der Waals surface area contributed by atoms with E-state index in [0.717, 1.165) is 25.0 Å². The van der Waals surface area contributed by atoms with E-state index in [1.807, 2.05) is 13.8 Å². The maximum absolute atomic E-state index is 12.1. The molecule has 0 aliphatic rings. The summed E-state index contributed by atoms with van der Waals surface area (Å²) < 4.78 is 22.7. The minimum Gasteiger partial charge on any atom is -0.350 e. The second-order valence-electron chi connectivity index (χ2n) is 4.37. The topological polar surface area (TPSA) is 63.2 Å². The van der Waals surface area contributed by atoms with Crippen molar-refractivity contribution in [2.75, 3.05) is 0 Å². The molecule has 4 nitrogen and oxygen atoms in total. The Hall–Kier alpha value is -0.490. The normalized spacial score (nSPS) is 13.1. The summed E-state index contributed by atoms with van der Waals surface area (Å²) in [4.78, 5) is 11.8. The van der Waals surface area contributed by atoms with Gasteiger partial charge in [-0.1, -0.05) is 36.5 Å². The number of halogens is 3. The summed E-state index contributed by atoms with van der Waals surface area (Å²) in [7, 11) is 1.27. The van der Waals surface area contributed by atoms with Crippen LogP contribution in [-0.2, 0) is 9.05 Å². The van der Waals surface area contributed by atoms with E-state index in [4.69, 9.17) is 33.9 Å². The molecule has 0 spiro atoms. The van der Waals surface area contributed by atoms with Crippen LogP contribution in [0.2, 0.25) is 10.0 Å². The molecule has 0 radical (unpaired) electrons. The summed E-state index contributed by atoms with van der Waals surface area (Å²) in [5, 5.41) is 2.68. The number of carbonyl (C=O) groups excluding carboxylic acids is 1. The van der Waals surface area contributed by atoms with Gasteiger partial charge < -0.3 is 5.32 Å². The Kier molecular flexibility index (Phi) is 6.13. The molecule has 0 aromatic heterocycles. The van der Waals surface area contributed by atoms with Gasteiger partial charge in [0, 0.05) is 16.7 Å². The van der Waals surface area contributed by atoms with Gasteiger partial charge in [0.2, 0.25) is 0 Å². The van der Waals surface area contributed by atoms with E-state index in [9.17, 15) is 13.2 Å². The van der Waals surface area contributed by atoms with Gasteiger partial charge in [-0.15, -0.1) is 0 Å². The maximum atomic E-state index is 12.1. The SMILES string of the molecule is CCCC(C)NC(=O)c1cc(S(=O)(=O)Cl)cc(Cl)c1Cl. The van der Waals surface area contributed by atoms with Crippen LogP contribution in [0.4, 0.5) is 0 Å². The second kappa shape index (κ2) is 6.98. The van der Waals surface area contributed by atoms with Gasteiger partial charge in [-0.2, -0.15) is 0 Å². The smallest absolute Gasteiger partial charge is 0.261 e. The van der Waals surface area contributed by atoms with Gasteiger partial charge in [-0.25, -0.2) is 8.42 Å². The minimum absolute atomic E-state index is 0.00284. The number of benzene rings is 1. The van der Waals surface area contributed by atoms with Crippen molar-refractivity contribution in [1.82, 2.24) is 5.32 Å². The van der Waals surface area contributed by atoms with Crippen LogP contribution in [0.3, 0.4) is 0 Å². The zero-order valence-electron chi connectivity index (χ0n) is 10.9. The Labute approximate surface area is 132 Å². The molecule has 1 amide bonds. The van der Waals surface area contributed by atoms with Crippen LogP contribution in [0, 0.1) is 0 Å². The van der Waals surface area contributed by atoms with E-state index in [0.29, 0.717) is 0 Å². The summed E-state index contributed by atoms with van der Waals surface area (Å²) in [5.41, 5.74) is -0.0126. The van der Waals surface area contributed by atoms with E-state index in [1.54, 1.807) is 0 Å². The van der Waals surface area contributed by atoms with Crippen molar-refractivity contribution in [3.63, 3.8) is 0 Å². The predicted octanol–water partition coefficient (Wildman–Crippen LogP) is 3.84. The standard InChI is InChI=1S/C12H14Cl3NO3S/c1-3-4-7(2)16-12(17)9-5-8(20(15,18)19)6-10(13)11(9)14/h5-7H,3-4H2,1-2H3,(H,16,17). The first-order chi connectivity index (χ1) is 9.16. The highest BCUT2D eigenvalue weighted by Crippen LogP contribution is 2.30. The largest absolute Gasteiger partial charge is 0.350 e. The monoisotopic (exact) mass is 357 g/mol. The van der Waals surface area contributed by atoms with Gasteiger partial charge in [-0.3, -0.25) is 4.79 Å². The fourth-order valence-corrected chi connectivity index (χ4v) is 2.94. The highest BCUT2D eigenvalue weighted by atomic mass is 35.7. The van der Waals surface area contributed by atoms with Gasteiger partial charge in [0.05, 0.1) is 20.5 Å². The first-order valence-electron chi connectivity index (χ1n) is 5.91. The quantitative estimate of drug-likeness (QED) is 0.813. The summed E-state index contributed by atoms with van der Waals surface area (Å²) >= 11 is 11.8. The molecule has 112 valence electrons. The molecule has 0 aliphatic heterocycles. The molecule has 0 aliphatic carbocycles. The molecule has 20 heavy (non-hydrogen) atoms. The number of amides is 1. The summed E-state index contributed by atoms with van der Waals surface area (Å²) in [6.45, 7) is 3.84. The van der Waals surface area contributed by atoms with Gasteiger partial charge in [0.1, 0.15) is 0 Å². The highest BCUT2D eigenvalue weighted by Gasteiger charge is 2.20. The third kappa shape index (κ3) is 4.52. The van der Waals surface area contributed by atoms with Gasteiger partial charge >= 0.3 is 0 Å². The van der Waals surface area contributed by atoms with Crippen LogP contribution in [0.25, 0.3) is 0 Å². The first kappa shape index (κ1) is 17.6. The number of hydrogen-bond donors (Lipinski definition) is 1. The highest BCUT2D eigenvalue weighted by molar-refractivity contribution is 8.13. The number of nitrogens with one attached hydrogen (secondary N) is 1. The van der Waals surface area contributed by atoms with Crippen LogP contribution in [0.15, 0.2) is 17.0 Å². The minimum atomic E-state index is -3.99. The zero-order chi connectivity index (χ0) is 15.5. The van der Waals surface area contributed by atoms with E-state index in [-0.39, 0.29) is 26.5 Å². The van der Waals surface area contributed by atoms with E-state index in [1.165, 1.54) is 0 Å². The second-order valence-corrected chi connectivity index (χ2v) is 7.72. The van der Waals surface area contributed by atoms with Crippen molar-refractivity contribution in [3.8, 4) is 0 Å². The Balaban J connectivity index is 3.17. The van der Waals surface area contributed by atoms with Crippen LogP contribution in [0.1, 0.15) is 37.0 Å². The maximum Gasteiger partial charge on any atom is 0.261 e.